The molecule has 0 radical (unpaired) electrons. The Bertz CT molecular complexity index is 573. The Hall–Kier alpha value is -2.37. The molecule has 0 aliphatic heterocycles. The second-order valence-electron chi connectivity index (χ2n) is 4.08. The fourth-order valence-corrected chi connectivity index (χ4v) is 1.79. The van der Waals surface area contributed by atoms with Gasteiger partial charge in [0.2, 0.25) is 0 Å². The molecule has 0 aliphatic rings. The van der Waals surface area contributed by atoms with Crippen molar-refractivity contribution < 1.29 is 23.1 Å². The molecule has 1 N–H and O–H groups in total. The molecule has 0 saturated heterocycles. The molecule has 0 fully saturated rings. The lowest BCUT2D eigenvalue weighted by Gasteiger charge is -2.20. The van der Waals surface area contributed by atoms with Crippen LogP contribution in [0.4, 0.5) is 14.5 Å². The topological polar surface area (TPSA) is 53.7 Å². The number of carboxylic acids is 1. The van der Waals surface area contributed by atoms with E-state index in [-0.39, 0.29) is 12.2 Å². The third-order valence-electron chi connectivity index (χ3n) is 2.65. The highest BCUT2D eigenvalue weighted by molar-refractivity contribution is 5.88. The second-order valence-corrected chi connectivity index (χ2v) is 4.08. The van der Waals surface area contributed by atoms with Crippen LogP contribution in [0.2, 0.25) is 0 Å². The third kappa shape index (κ3) is 2.73. The summed E-state index contributed by atoms with van der Waals surface area (Å²) < 4.78 is 32.4. The van der Waals surface area contributed by atoms with E-state index in [1.165, 1.54) is 24.5 Å². The van der Waals surface area contributed by atoms with Crippen LogP contribution < -0.4 is 4.90 Å². The monoisotopic (exact) mass is 267 g/mol. The minimum atomic E-state index is -1.37. The van der Waals surface area contributed by atoms with Gasteiger partial charge in [0.25, 0.3) is 0 Å². The normalized spacial score (nSPS) is 10.5. The van der Waals surface area contributed by atoms with Gasteiger partial charge in [-0.2, -0.15) is 0 Å². The van der Waals surface area contributed by atoms with Crippen LogP contribution in [0.3, 0.4) is 0 Å². The molecule has 0 bridgehead atoms. The molecule has 2 rings (SSSR count). The second kappa shape index (κ2) is 5.09. The number of benzene rings is 1. The standard InChI is InChI=1S/C13H11F2NO3/c1-16(6-8-2-3-19-7-8)12-10(14)4-9(13(17)18)5-11(12)15/h2-5,7H,6H2,1H3,(H,17,18). The van der Waals surface area contributed by atoms with Crippen molar-refractivity contribution in [1.29, 1.82) is 0 Å². The largest absolute Gasteiger partial charge is 0.478 e. The first-order valence-electron chi connectivity index (χ1n) is 5.43. The lowest BCUT2D eigenvalue weighted by atomic mass is 10.1. The average molecular weight is 267 g/mol. The van der Waals surface area contributed by atoms with Crippen LogP contribution in [0.1, 0.15) is 15.9 Å². The van der Waals surface area contributed by atoms with Crippen molar-refractivity contribution in [2.75, 3.05) is 11.9 Å². The molecule has 100 valence electrons. The van der Waals surface area contributed by atoms with Crippen molar-refractivity contribution in [3.05, 3.63) is 53.5 Å². The fourth-order valence-electron chi connectivity index (χ4n) is 1.79. The summed E-state index contributed by atoms with van der Waals surface area (Å²) in [6.45, 7) is 0.247. The van der Waals surface area contributed by atoms with E-state index in [0.29, 0.717) is 0 Å². The predicted molar refractivity (Wildman–Crippen MR) is 64.1 cm³/mol. The number of carboxylic acid groups (broad SMARTS) is 1. The van der Waals surface area contributed by atoms with Crippen LogP contribution in [0.5, 0.6) is 0 Å². The quantitative estimate of drug-likeness (QED) is 0.925. The molecule has 1 aromatic carbocycles. The van der Waals surface area contributed by atoms with Gasteiger partial charge in [0, 0.05) is 19.2 Å². The number of hydrogen-bond donors (Lipinski definition) is 1. The van der Waals surface area contributed by atoms with Crippen LogP contribution >= 0.6 is 0 Å². The molecule has 0 saturated carbocycles. The highest BCUT2D eigenvalue weighted by Gasteiger charge is 2.18. The van der Waals surface area contributed by atoms with E-state index in [9.17, 15) is 13.6 Å². The summed E-state index contributed by atoms with van der Waals surface area (Å²) in [5, 5.41) is 8.71. The number of aromatic carboxylic acids is 1. The maximum absolute atomic E-state index is 13.8. The van der Waals surface area contributed by atoms with Gasteiger partial charge >= 0.3 is 5.97 Å². The van der Waals surface area contributed by atoms with E-state index in [1.54, 1.807) is 6.07 Å². The van der Waals surface area contributed by atoms with Crippen molar-refractivity contribution in [3.63, 3.8) is 0 Å². The van der Waals surface area contributed by atoms with Gasteiger partial charge in [-0.3, -0.25) is 0 Å². The summed E-state index contributed by atoms with van der Waals surface area (Å²) in [5.41, 5.74) is 0.0604. The number of anilines is 1. The van der Waals surface area contributed by atoms with Gasteiger partial charge in [-0.05, 0) is 18.2 Å². The van der Waals surface area contributed by atoms with Crippen molar-refractivity contribution in [2.24, 2.45) is 0 Å². The van der Waals surface area contributed by atoms with Gasteiger partial charge in [0.1, 0.15) is 17.3 Å². The number of halogens is 2. The Morgan fingerprint density at radius 2 is 2.00 bits per heavy atom. The molecule has 0 atom stereocenters. The summed E-state index contributed by atoms with van der Waals surface area (Å²) in [6.07, 6.45) is 2.93. The zero-order valence-corrected chi connectivity index (χ0v) is 10.1. The van der Waals surface area contributed by atoms with Gasteiger partial charge in [0.15, 0.2) is 0 Å². The van der Waals surface area contributed by atoms with Crippen LogP contribution in [0.15, 0.2) is 35.1 Å². The molecule has 19 heavy (non-hydrogen) atoms. The average Bonchev–Trinajstić information content (AvgIpc) is 2.80. The zero-order valence-electron chi connectivity index (χ0n) is 10.1. The van der Waals surface area contributed by atoms with Gasteiger partial charge in [0.05, 0.1) is 18.1 Å². The Morgan fingerprint density at radius 1 is 1.37 bits per heavy atom. The summed E-state index contributed by atoms with van der Waals surface area (Å²) in [5.74, 6) is -3.20. The molecule has 4 nitrogen and oxygen atoms in total. The minimum Gasteiger partial charge on any atom is -0.478 e. The third-order valence-corrected chi connectivity index (χ3v) is 2.65. The van der Waals surface area contributed by atoms with E-state index in [1.807, 2.05) is 0 Å². The molecule has 1 heterocycles. The number of hydrogen-bond acceptors (Lipinski definition) is 3. The van der Waals surface area contributed by atoms with Crippen LogP contribution in [0, 0.1) is 11.6 Å². The maximum atomic E-state index is 13.8. The summed E-state index contributed by atoms with van der Waals surface area (Å²) in [6, 6.07) is 3.27. The Kier molecular flexibility index (Phi) is 3.50. The van der Waals surface area contributed by atoms with E-state index < -0.39 is 23.2 Å². The lowest BCUT2D eigenvalue weighted by Crippen LogP contribution is -2.19. The molecule has 0 unspecified atom stereocenters. The number of carbonyl (C=O) groups is 1. The van der Waals surface area contributed by atoms with Crippen molar-refractivity contribution in [2.45, 2.75) is 6.54 Å². The first-order chi connectivity index (χ1) is 8.99. The smallest absolute Gasteiger partial charge is 0.335 e. The number of rotatable bonds is 4. The molecule has 6 heteroatoms. The Labute approximate surface area is 107 Å². The highest BCUT2D eigenvalue weighted by Crippen LogP contribution is 2.25. The maximum Gasteiger partial charge on any atom is 0.335 e. The molecule has 0 spiro atoms. The van der Waals surface area contributed by atoms with Gasteiger partial charge in [-0.1, -0.05) is 0 Å². The fraction of sp³-hybridized carbons (Fsp3) is 0.154. The van der Waals surface area contributed by atoms with Crippen molar-refractivity contribution in [3.8, 4) is 0 Å². The van der Waals surface area contributed by atoms with E-state index in [0.717, 1.165) is 17.7 Å². The summed E-state index contributed by atoms with van der Waals surface area (Å²) in [4.78, 5) is 12.0. The Morgan fingerprint density at radius 3 is 2.47 bits per heavy atom. The summed E-state index contributed by atoms with van der Waals surface area (Å²) in [7, 11) is 1.51. The zero-order chi connectivity index (χ0) is 14.0. The van der Waals surface area contributed by atoms with E-state index in [2.05, 4.69) is 0 Å². The highest BCUT2D eigenvalue weighted by atomic mass is 19.1. The van der Waals surface area contributed by atoms with Crippen LogP contribution in [-0.4, -0.2) is 18.1 Å². The minimum absolute atomic E-state index is 0.247. The summed E-state index contributed by atoms with van der Waals surface area (Å²) >= 11 is 0. The van der Waals surface area contributed by atoms with Crippen LogP contribution in [-0.2, 0) is 6.54 Å². The van der Waals surface area contributed by atoms with Gasteiger partial charge < -0.3 is 14.4 Å². The Balaban J connectivity index is 2.31. The number of nitrogens with zero attached hydrogens (tertiary/aromatic N) is 1. The van der Waals surface area contributed by atoms with Crippen molar-refractivity contribution in [1.82, 2.24) is 0 Å². The lowest BCUT2D eigenvalue weighted by molar-refractivity contribution is 0.0695. The molecule has 1 aromatic heterocycles. The van der Waals surface area contributed by atoms with Crippen LogP contribution in [0.25, 0.3) is 0 Å². The molecule has 0 amide bonds. The van der Waals surface area contributed by atoms with Gasteiger partial charge in [-0.25, -0.2) is 13.6 Å². The molecular formula is C13H11F2NO3. The molecular weight excluding hydrogens is 256 g/mol. The van der Waals surface area contributed by atoms with Crippen molar-refractivity contribution >= 4 is 11.7 Å². The first kappa shape index (κ1) is 13.1. The van der Waals surface area contributed by atoms with E-state index >= 15 is 0 Å². The number of furan rings is 1. The molecule has 2 aromatic rings. The predicted octanol–water partition coefficient (Wildman–Crippen LogP) is 2.89. The van der Waals surface area contributed by atoms with Gasteiger partial charge in [-0.15, -0.1) is 0 Å². The first-order valence-corrected chi connectivity index (χ1v) is 5.43. The molecule has 0 aliphatic carbocycles. The SMILES string of the molecule is CN(Cc1ccoc1)c1c(F)cc(C(=O)O)cc1F. The van der Waals surface area contributed by atoms with E-state index in [4.69, 9.17) is 9.52 Å².